The van der Waals surface area contributed by atoms with Crippen LogP contribution in [0.2, 0.25) is 0 Å². The van der Waals surface area contributed by atoms with Crippen LogP contribution in [-0.4, -0.2) is 25.3 Å². The fourth-order valence-corrected chi connectivity index (χ4v) is 3.33. The number of rotatable bonds is 4. The summed E-state index contributed by atoms with van der Waals surface area (Å²) in [6.45, 7) is 2.98. The molecule has 19 heavy (non-hydrogen) atoms. The van der Waals surface area contributed by atoms with Gasteiger partial charge in [0, 0.05) is 17.1 Å². The second-order valence-corrected chi connectivity index (χ2v) is 6.36. The van der Waals surface area contributed by atoms with Gasteiger partial charge in [0.05, 0.1) is 5.60 Å². The molecule has 1 aromatic carbocycles. The summed E-state index contributed by atoms with van der Waals surface area (Å²) >= 11 is 3.34. The Hall–Kier alpha value is -0.450. The second-order valence-electron chi connectivity index (χ2n) is 5.44. The molecule has 2 rings (SSSR count). The van der Waals surface area contributed by atoms with Crippen LogP contribution in [0.3, 0.4) is 0 Å². The minimum atomic E-state index is -0.200. The molecule has 0 bridgehead atoms. The average Bonchev–Trinajstić information content (AvgIpc) is 2.35. The Bertz CT molecular complexity index is 412. The maximum absolute atomic E-state index is 13.4. The number of nitrogens with one attached hydrogen (secondary N) is 1. The number of ether oxygens (including phenoxy) is 1. The van der Waals surface area contributed by atoms with Crippen molar-refractivity contribution in [3.8, 4) is 0 Å². The van der Waals surface area contributed by atoms with Gasteiger partial charge in [0.15, 0.2) is 0 Å². The minimum absolute atomic E-state index is 0.161. The predicted molar refractivity (Wildman–Crippen MR) is 78.9 cm³/mol. The topological polar surface area (TPSA) is 21.3 Å². The highest BCUT2D eigenvalue weighted by Gasteiger charge is 2.35. The fourth-order valence-electron chi connectivity index (χ4n) is 2.82. The molecule has 1 N–H and O–H groups in total. The van der Waals surface area contributed by atoms with Gasteiger partial charge in [0.2, 0.25) is 0 Å². The van der Waals surface area contributed by atoms with Crippen LogP contribution in [0.5, 0.6) is 0 Å². The van der Waals surface area contributed by atoms with Crippen molar-refractivity contribution in [2.75, 3.05) is 13.7 Å². The van der Waals surface area contributed by atoms with Crippen molar-refractivity contribution in [1.29, 1.82) is 0 Å². The zero-order valence-electron chi connectivity index (χ0n) is 11.5. The van der Waals surface area contributed by atoms with E-state index in [4.69, 9.17) is 4.74 Å². The van der Waals surface area contributed by atoms with Crippen LogP contribution < -0.4 is 5.32 Å². The van der Waals surface area contributed by atoms with Crippen molar-refractivity contribution in [1.82, 2.24) is 5.32 Å². The fraction of sp³-hybridized carbons (Fsp3) is 0.600. The summed E-state index contributed by atoms with van der Waals surface area (Å²) in [5.74, 6) is -0.200. The highest BCUT2D eigenvalue weighted by atomic mass is 79.9. The van der Waals surface area contributed by atoms with Crippen LogP contribution in [0.15, 0.2) is 22.7 Å². The van der Waals surface area contributed by atoms with Crippen LogP contribution in [0.1, 0.15) is 31.7 Å². The molecule has 0 aromatic heterocycles. The number of halogens is 2. The summed E-state index contributed by atoms with van der Waals surface area (Å²) in [6.07, 6.45) is 4.15. The van der Waals surface area contributed by atoms with Gasteiger partial charge in [-0.3, -0.25) is 0 Å². The van der Waals surface area contributed by atoms with Crippen molar-refractivity contribution in [2.45, 2.75) is 44.2 Å². The third kappa shape index (κ3) is 3.77. The third-order valence-corrected chi connectivity index (χ3v) is 4.40. The lowest BCUT2D eigenvalue weighted by Crippen LogP contribution is -2.52. The molecule has 2 atom stereocenters. The van der Waals surface area contributed by atoms with E-state index >= 15 is 0 Å². The van der Waals surface area contributed by atoms with E-state index in [0.29, 0.717) is 0 Å². The zero-order chi connectivity index (χ0) is 13.9. The lowest BCUT2D eigenvalue weighted by molar-refractivity contribution is -0.0870. The molecular formula is C15H21BrFNO. The van der Waals surface area contributed by atoms with E-state index in [-0.39, 0.29) is 17.5 Å². The van der Waals surface area contributed by atoms with E-state index in [1.165, 1.54) is 12.5 Å². The van der Waals surface area contributed by atoms with Gasteiger partial charge in [-0.2, -0.15) is 0 Å². The normalized spacial score (nSPS) is 25.3. The maximum atomic E-state index is 13.4. The van der Waals surface area contributed by atoms with Crippen molar-refractivity contribution in [3.05, 3.63) is 34.1 Å². The summed E-state index contributed by atoms with van der Waals surface area (Å²) in [5.41, 5.74) is 0.827. The Morgan fingerprint density at radius 2 is 2.21 bits per heavy atom. The highest BCUT2D eigenvalue weighted by Crippen LogP contribution is 2.30. The van der Waals surface area contributed by atoms with Gasteiger partial charge in [-0.1, -0.05) is 15.9 Å². The second kappa shape index (κ2) is 6.33. The van der Waals surface area contributed by atoms with E-state index in [1.54, 1.807) is 6.07 Å². The molecule has 2 nitrogen and oxygen atoms in total. The molecule has 2 unspecified atom stereocenters. The molecule has 0 spiro atoms. The van der Waals surface area contributed by atoms with E-state index in [2.05, 4.69) is 28.2 Å². The monoisotopic (exact) mass is 329 g/mol. The lowest BCUT2D eigenvalue weighted by atomic mass is 9.85. The maximum Gasteiger partial charge on any atom is 0.124 e. The molecule has 4 heteroatoms. The zero-order valence-corrected chi connectivity index (χ0v) is 13.1. The van der Waals surface area contributed by atoms with Gasteiger partial charge in [-0.15, -0.1) is 0 Å². The number of benzene rings is 1. The molecule has 106 valence electrons. The van der Waals surface area contributed by atoms with E-state index in [9.17, 15) is 4.39 Å². The summed E-state index contributed by atoms with van der Waals surface area (Å²) < 4.78 is 20.2. The number of hydrogen-bond acceptors (Lipinski definition) is 2. The number of hydrogen-bond donors (Lipinski definition) is 1. The smallest absolute Gasteiger partial charge is 0.124 e. The number of likely N-dealkylation sites (N-methyl/N-ethyl adjacent to an activating group) is 1. The van der Waals surface area contributed by atoms with Gasteiger partial charge in [0.25, 0.3) is 0 Å². The first-order valence-electron chi connectivity index (χ1n) is 6.80. The molecular weight excluding hydrogens is 309 g/mol. The first-order valence-corrected chi connectivity index (χ1v) is 7.59. The summed E-state index contributed by atoms with van der Waals surface area (Å²) in [5, 5.41) is 3.34. The van der Waals surface area contributed by atoms with Gasteiger partial charge in [0.1, 0.15) is 5.82 Å². The molecule has 0 amide bonds. The van der Waals surface area contributed by atoms with Crippen LogP contribution in [0.25, 0.3) is 0 Å². The van der Waals surface area contributed by atoms with Crippen molar-refractivity contribution < 1.29 is 9.13 Å². The Kier molecular flexibility index (Phi) is 4.98. The molecule has 0 aliphatic carbocycles. The SMILES string of the molecule is CNC(Cc1cc(F)cc(Br)c1)C1(C)CCCCO1. The molecule has 1 saturated heterocycles. The van der Waals surface area contributed by atoms with Gasteiger partial charge in [-0.05, 0) is 63.4 Å². The largest absolute Gasteiger partial charge is 0.374 e. The van der Waals surface area contributed by atoms with Gasteiger partial charge >= 0.3 is 0 Å². The molecule has 1 aliphatic heterocycles. The Labute approximate surface area is 122 Å². The van der Waals surface area contributed by atoms with Crippen LogP contribution in [0.4, 0.5) is 4.39 Å². The first kappa shape index (κ1) is 14.9. The Morgan fingerprint density at radius 1 is 1.42 bits per heavy atom. The van der Waals surface area contributed by atoms with Crippen LogP contribution in [0, 0.1) is 5.82 Å². The van der Waals surface area contributed by atoms with Crippen LogP contribution >= 0.6 is 15.9 Å². The van der Waals surface area contributed by atoms with Crippen molar-refractivity contribution >= 4 is 15.9 Å². The molecule has 1 aromatic rings. The Balaban J connectivity index is 2.13. The standard InChI is InChI=1S/C15H21BrFNO/c1-15(5-3-4-6-19-15)14(18-2)9-11-7-12(16)10-13(17)8-11/h7-8,10,14,18H,3-6,9H2,1-2H3. The molecule has 1 aliphatic rings. The predicted octanol–water partition coefficient (Wildman–Crippen LogP) is 3.68. The summed E-state index contributed by atoms with van der Waals surface area (Å²) in [6, 6.07) is 5.25. The van der Waals surface area contributed by atoms with Crippen molar-refractivity contribution in [3.63, 3.8) is 0 Å². The molecule has 0 saturated carbocycles. The average molecular weight is 330 g/mol. The van der Waals surface area contributed by atoms with Crippen molar-refractivity contribution in [2.24, 2.45) is 0 Å². The molecule has 1 fully saturated rings. The molecule has 0 radical (unpaired) electrons. The minimum Gasteiger partial charge on any atom is -0.374 e. The van der Waals surface area contributed by atoms with Gasteiger partial charge < -0.3 is 10.1 Å². The first-order chi connectivity index (χ1) is 9.03. The van der Waals surface area contributed by atoms with E-state index in [1.807, 2.05) is 13.1 Å². The van der Waals surface area contributed by atoms with Crippen LogP contribution in [-0.2, 0) is 11.2 Å². The molecule has 1 heterocycles. The van der Waals surface area contributed by atoms with E-state index < -0.39 is 0 Å². The Morgan fingerprint density at radius 3 is 2.79 bits per heavy atom. The summed E-state index contributed by atoms with van der Waals surface area (Å²) in [4.78, 5) is 0. The lowest BCUT2D eigenvalue weighted by Gasteiger charge is -2.40. The quantitative estimate of drug-likeness (QED) is 0.909. The summed E-state index contributed by atoms with van der Waals surface area (Å²) in [7, 11) is 1.95. The third-order valence-electron chi connectivity index (χ3n) is 3.95. The highest BCUT2D eigenvalue weighted by molar-refractivity contribution is 9.10. The van der Waals surface area contributed by atoms with E-state index in [0.717, 1.165) is 35.9 Å². The van der Waals surface area contributed by atoms with Gasteiger partial charge in [-0.25, -0.2) is 4.39 Å².